The number of terminal acetylenes is 1. The largest absolute Gasteiger partial charge is 0.394 e. The number of hydrogen-bond donors (Lipinski definition) is 2. The monoisotopic (exact) mass is 349 g/mol. The van der Waals surface area contributed by atoms with Gasteiger partial charge in [-0.05, 0) is 18.2 Å². The lowest BCUT2D eigenvalue weighted by Crippen LogP contribution is -2.47. The molecule has 1 aliphatic rings. The predicted octanol–water partition coefficient (Wildman–Crippen LogP) is 1.35. The molecule has 0 aromatic heterocycles. The van der Waals surface area contributed by atoms with Crippen LogP contribution in [0.15, 0.2) is 24.3 Å². The van der Waals surface area contributed by atoms with E-state index in [0.29, 0.717) is 19.4 Å². The van der Waals surface area contributed by atoms with Crippen molar-refractivity contribution in [3.8, 4) is 12.3 Å². The van der Waals surface area contributed by atoms with Gasteiger partial charge in [-0.3, -0.25) is 9.69 Å². The molecule has 1 saturated heterocycles. The molecular weight excluding hydrogens is 326 g/mol. The van der Waals surface area contributed by atoms with Crippen LogP contribution in [0.4, 0.5) is 5.69 Å². The minimum Gasteiger partial charge on any atom is -0.394 e. The molecule has 0 spiro atoms. The third kappa shape index (κ3) is 5.72. The van der Waals surface area contributed by atoms with Crippen LogP contribution in [-0.2, 0) is 4.79 Å². The minimum absolute atomic E-state index is 0.0680. The molecule has 0 bridgehead atoms. The number of nitrogens with zero attached hydrogens (tertiary/aromatic N) is 2. The van der Waals surface area contributed by atoms with Crippen LogP contribution >= 0.6 is 11.6 Å². The van der Waals surface area contributed by atoms with Gasteiger partial charge in [0.2, 0.25) is 5.91 Å². The lowest BCUT2D eigenvalue weighted by atomic mass is 10.2. The Balaban J connectivity index is 1.71. The van der Waals surface area contributed by atoms with E-state index in [0.717, 1.165) is 36.9 Å². The van der Waals surface area contributed by atoms with Gasteiger partial charge in [-0.1, -0.05) is 17.7 Å². The normalized spacial score (nSPS) is 16.5. The van der Waals surface area contributed by atoms with Crippen molar-refractivity contribution >= 4 is 23.2 Å². The van der Waals surface area contributed by atoms with E-state index < -0.39 is 0 Å². The maximum atomic E-state index is 11.9. The first-order chi connectivity index (χ1) is 11.6. The zero-order valence-electron chi connectivity index (χ0n) is 13.7. The molecule has 2 rings (SSSR count). The molecule has 0 radical (unpaired) electrons. The second-order valence-electron chi connectivity index (χ2n) is 5.91. The Bertz CT molecular complexity index is 580. The number of carbonyl (C=O) groups excluding carboxylic acids is 1. The van der Waals surface area contributed by atoms with Gasteiger partial charge in [0.1, 0.15) is 0 Å². The quantitative estimate of drug-likeness (QED) is 0.730. The van der Waals surface area contributed by atoms with Crippen LogP contribution in [0.25, 0.3) is 0 Å². The van der Waals surface area contributed by atoms with E-state index in [9.17, 15) is 4.79 Å². The van der Waals surface area contributed by atoms with Crippen molar-refractivity contribution in [1.82, 2.24) is 10.2 Å². The summed E-state index contributed by atoms with van der Waals surface area (Å²) in [4.78, 5) is 16.5. The highest BCUT2D eigenvalue weighted by atomic mass is 35.5. The van der Waals surface area contributed by atoms with Crippen molar-refractivity contribution in [1.29, 1.82) is 0 Å². The lowest BCUT2D eigenvalue weighted by molar-refractivity contribution is -0.122. The molecule has 1 aromatic carbocycles. The van der Waals surface area contributed by atoms with Crippen LogP contribution in [0.5, 0.6) is 0 Å². The van der Waals surface area contributed by atoms with Crippen LogP contribution in [0, 0.1) is 12.3 Å². The number of halogens is 1. The topological polar surface area (TPSA) is 55.8 Å². The Morgan fingerprint density at radius 1 is 1.38 bits per heavy atom. The number of nitrogens with one attached hydrogen (secondary N) is 1. The van der Waals surface area contributed by atoms with Gasteiger partial charge in [-0.25, -0.2) is 0 Å². The van der Waals surface area contributed by atoms with Crippen molar-refractivity contribution in [2.24, 2.45) is 0 Å². The molecule has 2 N–H and O–H groups in total. The molecule has 1 amide bonds. The first-order valence-corrected chi connectivity index (χ1v) is 8.56. The standard InChI is InChI=1S/C18H24ClN3O2/c1-2-4-16(14-23)20-18(24)7-8-21-9-11-22(12-10-21)17-6-3-5-15(19)13-17/h1,3,5-6,13,16,23H,4,7-12,14H2,(H,20,24). The van der Waals surface area contributed by atoms with Crippen molar-refractivity contribution in [2.45, 2.75) is 18.9 Å². The minimum atomic E-state index is -0.345. The summed E-state index contributed by atoms with van der Waals surface area (Å²) in [6, 6.07) is 7.53. The second kappa shape index (κ2) is 9.53. The first-order valence-electron chi connectivity index (χ1n) is 8.19. The number of hydrogen-bond acceptors (Lipinski definition) is 4. The smallest absolute Gasteiger partial charge is 0.221 e. The van der Waals surface area contributed by atoms with E-state index in [1.54, 1.807) is 0 Å². The highest BCUT2D eigenvalue weighted by molar-refractivity contribution is 6.30. The molecule has 1 atom stereocenters. The molecule has 0 saturated carbocycles. The molecule has 6 heteroatoms. The Morgan fingerprint density at radius 2 is 2.12 bits per heavy atom. The Kier molecular flexibility index (Phi) is 7.38. The van der Waals surface area contributed by atoms with E-state index in [1.807, 2.05) is 18.2 Å². The van der Waals surface area contributed by atoms with E-state index in [2.05, 4.69) is 27.1 Å². The lowest BCUT2D eigenvalue weighted by Gasteiger charge is -2.36. The molecule has 24 heavy (non-hydrogen) atoms. The van der Waals surface area contributed by atoms with Crippen LogP contribution in [0.1, 0.15) is 12.8 Å². The van der Waals surface area contributed by atoms with Gasteiger partial charge < -0.3 is 15.3 Å². The summed E-state index contributed by atoms with van der Waals surface area (Å²) in [6.45, 7) is 4.23. The third-order valence-corrected chi connectivity index (χ3v) is 4.39. The maximum absolute atomic E-state index is 11.9. The molecule has 1 fully saturated rings. The average Bonchev–Trinajstić information content (AvgIpc) is 2.60. The van der Waals surface area contributed by atoms with Crippen molar-refractivity contribution in [3.63, 3.8) is 0 Å². The number of aliphatic hydroxyl groups is 1. The number of amides is 1. The van der Waals surface area contributed by atoms with E-state index in [1.165, 1.54) is 0 Å². The van der Waals surface area contributed by atoms with Gasteiger partial charge in [0.25, 0.3) is 0 Å². The number of carbonyl (C=O) groups is 1. The Hall–Kier alpha value is -1.74. The van der Waals surface area contributed by atoms with Crippen LogP contribution in [0.3, 0.4) is 0 Å². The number of benzene rings is 1. The van der Waals surface area contributed by atoms with Crippen LogP contribution in [-0.4, -0.2) is 61.3 Å². The fourth-order valence-electron chi connectivity index (χ4n) is 2.77. The second-order valence-corrected chi connectivity index (χ2v) is 6.35. The number of aliphatic hydroxyl groups excluding tert-OH is 1. The number of rotatable bonds is 7. The molecule has 1 aliphatic heterocycles. The maximum Gasteiger partial charge on any atom is 0.221 e. The summed E-state index contributed by atoms with van der Waals surface area (Å²) in [5.41, 5.74) is 1.14. The summed E-state index contributed by atoms with van der Waals surface area (Å²) in [6.07, 6.45) is 5.97. The highest BCUT2D eigenvalue weighted by Gasteiger charge is 2.18. The van der Waals surface area contributed by atoms with Crippen LogP contribution in [0.2, 0.25) is 5.02 Å². The molecule has 5 nitrogen and oxygen atoms in total. The van der Waals surface area contributed by atoms with Gasteiger partial charge in [0.05, 0.1) is 12.6 Å². The molecular formula is C18H24ClN3O2. The van der Waals surface area contributed by atoms with E-state index >= 15 is 0 Å². The van der Waals surface area contributed by atoms with Crippen molar-refractivity contribution < 1.29 is 9.90 Å². The van der Waals surface area contributed by atoms with Crippen molar-refractivity contribution in [3.05, 3.63) is 29.3 Å². The summed E-state index contributed by atoms with van der Waals surface area (Å²) in [5.74, 6) is 2.39. The highest BCUT2D eigenvalue weighted by Crippen LogP contribution is 2.20. The third-order valence-electron chi connectivity index (χ3n) is 4.15. The fourth-order valence-corrected chi connectivity index (χ4v) is 2.95. The molecule has 1 heterocycles. The molecule has 1 unspecified atom stereocenters. The Morgan fingerprint density at radius 3 is 2.75 bits per heavy atom. The number of piperazine rings is 1. The average molecular weight is 350 g/mol. The predicted molar refractivity (Wildman–Crippen MR) is 97.2 cm³/mol. The van der Waals surface area contributed by atoms with Gasteiger partial charge in [-0.15, -0.1) is 12.3 Å². The van der Waals surface area contributed by atoms with Gasteiger partial charge >= 0.3 is 0 Å². The van der Waals surface area contributed by atoms with Gasteiger partial charge in [-0.2, -0.15) is 0 Å². The SMILES string of the molecule is C#CCC(CO)NC(=O)CCN1CCN(c2cccc(Cl)c2)CC1. The summed E-state index contributed by atoms with van der Waals surface area (Å²) >= 11 is 6.04. The molecule has 130 valence electrons. The summed E-state index contributed by atoms with van der Waals surface area (Å²) < 4.78 is 0. The molecule has 0 aliphatic carbocycles. The summed E-state index contributed by atoms with van der Waals surface area (Å²) in [5, 5.41) is 12.7. The van der Waals surface area contributed by atoms with Crippen LogP contribution < -0.4 is 10.2 Å². The van der Waals surface area contributed by atoms with Gasteiger partial charge in [0.15, 0.2) is 0 Å². The zero-order valence-corrected chi connectivity index (χ0v) is 14.5. The molecule has 1 aromatic rings. The fraction of sp³-hybridized carbons (Fsp3) is 0.500. The zero-order chi connectivity index (χ0) is 17.4. The van der Waals surface area contributed by atoms with E-state index in [4.69, 9.17) is 23.1 Å². The van der Waals surface area contributed by atoms with Gasteiger partial charge in [0, 0.05) is 56.3 Å². The number of anilines is 1. The van der Waals surface area contributed by atoms with Crippen molar-refractivity contribution in [2.75, 3.05) is 44.2 Å². The summed E-state index contributed by atoms with van der Waals surface area (Å²) in [7, 11) is 0. The Labute approximate surface area is 148 Å². The first kappa shape index (κ1) is 18.6. The van der Waals surface area contributed by atoms with E-state index in [-0.39, 0.29) is 18.6 Å².